The summed E-state index contributed by atoms with van der Waals surface area (Å²) in [5.74, 6) is 2.08. The molecule has 1 amide bonds. The second-order valence-electron chi connectivity index (χ2n) is 7.30. The van der Waals surface area contributed by atoms with Crippen molar-refractivity contribution < 1.29 is 9.53 Å². The number of halogens is 1. The molecule has 0 bridgehead atoms. The van der Waals surface area contributed by atoms with Crippen molar-refractivity contribution in [1.29, 1.82) is 0 Å². The van der Waals surface area contributed by atoms with Crippen molar-refractivity contribution in [3.63, 3.8) is 0 Å². The Morgan fingerprint density at radius 3 is 2.26 bits per heavy atom. The van der Waals surface area contributed by atoms with Crippen LogP contribution in [0.25, 0.3) is 11.3 Å². The molecule has 1 fully saturated rings. The summed E-state index contributed by atoms with van der Waals surface area (Å²) in [5, 5.41) is 8.73. The normalized spacial score (nSPS) is 15.0. The van der Waals surface area contributed by atoms with Gasteiger partial charge in [-0.05, 0) is 50.2 Å². The largest absolute Gasteiger partial charge is 0.497 e. The molecule has 3 rings (SSSR count). The number of piperazine rings is 1. The van der Waals surface area contributed by atoms with Crippen LogP contribution in [0.15, 0.2) is 36.4 Å². The predicted molar refractivity (Wildman–Crippen MR) is 107 cm³/mol. The number of methoxy groups -OCH3 is 1. The number of carbonyl (C=O) groups is 1. The molecule has 0 spiro atoms. The number of carbonyl (C=O) groups excluding carboxylic acids is 1. The second kappa shape index (κ2) is 8.13. The average Bonchev–Trinajstić information content (AvgIpc) is 2.73. The van der Waals surface area contributed by atoms with Crippen LogP contribution in [0.5, 0.6) is 5.75 Å². The molecule has 1 saturated heterocycles. The maximum atomic E-state index is 12.5. The third-order valence-electron chi connectivity index (χ3n) is 4.84. The van der Waals surface area contributed by atoms with Crippen molar-refractivity contribution in [3.05, 3.63) is 36.4 Å². The topological polar surface area (TPSA) is 58.6 Å². The van der Waals surface area contributed by atoms with Crippen molar-refractivity contribution in [2.45, 2.75) is 13.8 Å². The van der Waals surface area contributed by atoms with E-state index in [9.17, 15) is 4.79 Å². The van der Waals surface area contributed by atoms with Crippen molar-refractivity contribution in [1.82, 2.24) is 15.1 Å². The summed E-state index contributed by atoms with van der Waals surface area (Å²) >= 11 is 5.93. The van der Waals surface area contributed by atoms with Gasteiger partial charge in [-0.3, -0.25) is 4.79 Å². The summed E-state index contributed by atoms with van der Waals surface area (Å²) in [7, 11) is 1.65. The van der Waals surface area contributed by atoms with E-state index in [1.807, 2.05) is 55.1 Å². The van der Waals surface area contributed by atoms with Crippen LogP contribution < -0.4 is 9.64 Å². The second-order valence-corrected chi connectivity index (χ2v) is 7.57. The monoisotopic (exact) mass is 388 g/mol. The van der Waals surface area contributed by atoms with Crippen molar-refractivity contribution in [3.8, 4) is 17.0 Å². The molecule has 1 aromatic heterocycles. The fraction of sp³-hybridized carbons (Fsp3) is 0.450. The maximum absolute atomic E-state index is 12.5. The van der Waals surface area contributed by atoms with E-state index in [4.69, 9.17) is 16.3 Å². The molecule has 2 heterocycles. The molecule has 0 aliphatic carbocycles. The highest BCUT2D eigenvalue weighted by atomic mass is 35.5. The van der Waals surface area contributed by atoms with Crippen LogP contribution in [-0.4, -0.2) is 60.2 Å². The van der Waals surface area contributed by atoms with Crippen LogP contribution in [0, 0.1) is 5.41 Å². The van der Waals surface area contributed by atoms with Gasteiger partial charge in [-0.2, -0.15) is 0 Å². The van der Waals surface area contributed by atoms with Gasteiger partial charge in [0.2, 0.25) is 5.91 Å². The number of anilines is 1. The number of alkyl halides is 1. The molecule has 7 heteroatoms. The van der Waals surface area contributed by atoms with Gasteiger partial charge in [0, 0.05) is 37.6 Å². The van der Waals surface area contributed by atoms with Gasteiger partial charge in [0.1, 0.15) is 5.75 Å². The Kier molecular flexibility index (Phi) is 5.85. The number of aromatic nitrogens is 2. The number of ether oxygens (including phenoxy) is 1. The molecule has 0 atom stereocenters. The number of nitrogens with zero attached hydrogens (tertiary/aromatic N) is 4. The van der Waals surface area contributed by atoms with E-state index in [0.717, 1.165) is 35.9 Å². The van der Waals surface area contributed by atoms with Crippen molar-refractivity contribution in [2.75, 3.05) is 44.1 Å². The SMILES string of the molecule is COc1ccc(-c2ccc(N3CCN(C(=O)C(C)(C)CCl)CC3)nn2)cc1. The van der Waals surface area contributed by atoms with Crippen LogP contribution in [0.4, 0.5) is 5.82 Å². The molecular weight excluding hydrogens is 364 g/mol. The van der Waals surface area contributed by atoms with Gasteiger partial charge < -0.3 is 14.5 Å². The zero-order valence-electron chi connectivity index (χ0n) is 16.0. The quantitative estimate of drug-likeness (QED) is 0.737. The summed E-state index contributed by atoms with van der Waals surface area (Å²) in [4.78, 5) is 16.6. The van der Waals surface area contributed by atoms with Crippen LogP contribution in [0.3, 0.4) is 0 Å². The minimum absolute atomic E-state index is 0.109. The molecule has 1 aromatic carbocycles. The third-order valence-corrected chi connectivity index (χ3v) is 5.51. The Balaban J connectivity index is 1.62. The highest BCUT2D eigenvalue weighted by Crippen LogP contribution is 2.24. The van der Waals surface area contributed by atoms with Crippen LogP contribution in [-0.2, 0) is 4.79 Å². The van der Waals surface area contributed by atoms with E-state index in [1.165, 1.54) is 0 Å². The standard InChI is InChI=1S/C20H25ClN4O2/c1-20(2,14-21)19(26)25-12-10-24(11-13-25)18-9-8-17(22-23-18)15-4-6-16(27-3)7-5-15/h4-9H,10-14H2,1-3H3. The first-order valence-corrected chi connectivity index (χ1v) is 9.56. The highest BCUT2D eigenvalue weighted by molar-refractivity contribution is 6.19. The Labute approximate surface area is 165 Å². The number of hydrogen-bond acceptors (Lipinski definition) is 5. The van der Waals surface area contributed by atoms with E-state index in [1.54, 1.807) is 7.11 Å². The van der Waals surface area contributed by atoms with Gasteiger partial charge in [0.25, 0.3) is 0 Å². The first-order valence-electron chi connectivity index (χ1n) is 9.03. The molecule has 0 radical (unpaired) electrons. The summed E-state index contributed by atoms with van der Waals surface area (Å²) in [6, 6.07) is 11.7. The summed E-state index contributed by atoms with van der Waals surface area (Å²) in [5.41, 5.74) is 1.29. The van der Waals surface area contributed by atoms with Crippen LogP contribution in [0.2, 0.25) is 0 Å². The molecule has 0 N–H and O–H groups in total. The van der Waals surface area contributed by atoms with E-state index >= 15 is 0 Å². The molecule has 6 nitrogen and oxygen atoms in total. The Morgan fingerprint density at radius 1 is 1.07 bits per heavy atom. The van der Waals surface area contributed by atoms with Crippen LogP contribution >= 0.6 is 11.6 Å². The summed E-state index contributed by atoms with van der Waals surface area (Å²) < 4.78 is 5.18. The molecule has 1 aliphatic heterocycles. The molecular formula is C20H25ClN4O2. The van der Waals surface area contributed by atoms with E-state index in [-0.39, 0.29) is 5.91 Å². The smallest absolute Gasteiger partial charge is 0.229 e. The zero-order valence-corrected chi connectivity index (χ0v) is 16.7. The lowest BCUT2D eigenvalue weighted by atomic mass is 9.94. The molecule has 144 valence electrons. The van der Waals surface area contributed by atoms with Gasteiger partial charge in [0.05, 0.1) is 18.2 Å². The Hall–Kier alpha value is -2.34. The van der Waals surface area contributed by atoms with Gasteiger partial charge >= 0.3 is 0 Å². The summed E-state index contributed by atoms with van der Waals surface area (Å²) in [6.45, 7) is 6.58. The average molecular weight is 389 g/mol. The number of benzene rings is 1. The number of hydrogen-bond donors (Lipinski definition) is 0. The number of amides is 1. The molecule has 0 saturated carbocycles. The van der Waals surface area contributed by atoms with Gasteiger partial charge in [0.15, 0.2) is 5.82 Å². The molecule has 0 unspecified atom stereocenters. The van der Waals surface area contributed by atoms with Crippen molar-refractivity contribution >= 4 is 23.3 Å². The first-order chi connectivity index (χ1) is 12.9. The first kappa shape index (κ1) is 19.4. The minimum Gasteiger partial charge on any atom is -0.497 e. The fourth-order valence-corrected chi connectivity index (χ4v) is 3.15. The molecule has 2 aromatic rings. The van der Waals surface area contributed by atoms with E-state index in [2.05, 4.69) is 15.1 Å². The Bertz CT molecular complexity index is 770. The minimum atomic E-state index is -0.524. The lowest BCUT2D eigenvalue weighted by Crippen LogP contribution is -2.52. The van der Waals surface area contributed by atoms with Gasteiger partial charge in [-0.25, -0.2) is 0 Å². The van der Waals surface area contributed by atoms with Crippen molar-refractivity contribution in [2.24, 2.45) is 5.41 Å². The van der Waals surface area contributed by atoms with E-state index < -0.39 is 5.41 Å². The highest BCUT2D eigenvalue weighted by Gasteiger charge is 2.33. The summed E-state index contributed by atoms with van der Waals surface area (Å²) in [6.07, 6.45) is 0. The zero-order chi connectivity index (χ0) is 19.4. The van der Waals surface area contributed by atoms with Gasteiger partial charge in [-0.1, -0.05) is 0 Å². The third kappa shape index (κ3) is 4.33. The van der Waals surface area contributed by atoms with E-state index in [0.29, 0.717) is 19.0 Å². The molecule has 1 aliphatic rings. The van der Waals surface area contributed by atoms with Gasteiger partial charge in [-0.15, -0.1) is 21.8 Å². The van der Waals surface area contributed by atoms with Crippen LogP contribution in [0.1, 0.15) is 13.8 Å². The lowest BCUT2D eigenvalue weighted by molar-refractivity contribution is -0.139. The lowest BCUT2D eigenvalue weighted by Gasteiger charge is -2.38. The maximum Gasteiger partial charge on any atom is 0.229 e. The molecule has 27 heavy (non-hydrogen) atoms. The predicted octanol–water partition coefficient (Wildman–Crippen LogP) is 3.07. The Morgan fingerprint density at radius 2 is 1.74 bits per heavy atom. The fourth-order valence-electron chi connectivity index (χ4n) is 3.03. The number of rotatable bonds is 5.